The highest BCUT2D eigenvalue weighted by Crippen LogP contribution is 2.34. The van der Waals surface area contributed by atoms with Crippen molar-refractivity contribution in [2.24, 2.45) is 0 Å². The van der Waals surface area contributed by atoms with E-state index in [2.05, 4.69) is 20.5 Å². The van der Waals surface area contributed by atoms with Crippen LogP contribution in [0.4, 0.5) is 13.2 Å². The molecule has 0 saturated heterocycles. The van der Waals surface area contributed by atoms with Gasteiger partial charge in [-0.25, -0.2) is 4.98 Å². The quantitative estimate of drug-likeness (QED) is 0.235. The van der Waals surface area contributed by atoms with Gasteiger partial charge < -0.3 is 9.15 Å². The lowest BCUT2D eigenvalue weighted by atomic mass is 9.98. The van der Waals surface area contributed by atoms with Gasteiger partial charge in [-0.15, -0.1) is 0 Å². The number of hydrogen-bond donors (Lipinski definition) is 0. The standard InChI is InChI=1S/C28H16ClF3N4O3/c29-20-8-18(9-22(11-20)38-15-25-26(28(30,31)32)39-16-35-25)24-10-19(23-6-2-1-4-17(23)12-33)14-36(27(24)37)21-5-3-7-34-13-21/h1-11,13-14,16H,15H2. The number of nitrogens with zero attached hydrogens (tertiary/aromatic N) is 4. The fourth-order valence-electron chi connectivity index (χ4n) is 4.01. The Morgan fingerprint density at radius 3 is 2.62 bits per heavy atom. The summed E-state index contributed by atoms with van der Waals surface area (Å²) in [7, 11) is 0. The maximum Gasteiger partial charge on any atom is 0.451 e. The molecule has 2 aromatic carbocycles. The van der Waals surface area contributed by atoms with E-state index >= 15 is 0 Å². The number of rotatable bonds is 6. The second kappa shape index (κ2) is 10.5. The van der Waals surface area contributed by atoms with Crippen LogP contribution >= 0.6 is 11.6 Å². The van der Waals surface area contributed by atoms with E-state index in [4.69, 9.17) is 16.3 Å². The maximum atomic E-state index is 13.7. The molecule has 0 fully saturated rings. The summed E-state index contributed by atoms with van der Waals surface area (Å²) in [6.07, 6.45) is 0.671. The molecule has 11 heteroatoms. The van der Waals surface area contributed by atoms with Crippen molar-refractivity contribution in [2.45, 2.75) is 12.8 Å². The predicted octanol–water partition coefficient (Wildman–Crippen LogP) is 6.68. The molecular weight excluding hydrogens is 533 g/mol. The minimum atomic E-state index is -4.73. The average molecular weight is 549 g/mol. The third kappa shape index (κ3) is 5.39. The van der Waals surface area contributed by atoms with Crippen LogP contribution in [-0.4, -0.2) is 14.5 Å². The van der Waals surface area contributed by atoms with Gasteiger partial charge in [-0.3, -0.25) is 14.3 Å². The van der Waals surface area contributed by atoms with Crippen LogP contribution in [0.15, 0.2) is 94.9 Å². The van der Waals surface area contributed by atoms with Gasteiger partial charge in [0.2, 0.25) is 5.76 Å². The molecule has 7 nitrogen and oxygen atoms in total. The van der Waals surface area contributed by atoms with Crippen molar-refractivity contribution in [3.63, 3.8) is 0 Å². The first kappa shape index (κ1) is 25.8. The summed E-state index contributed by atoms with van der Waals surface area (Å²) in [5.41, 5.74) is 1.80. The van der Waals surface area contributed by atoms with Crippen LogP contribution in [0, 0.1) is 11.3 Å². The summed E-state index contributed by atoms with van der Waals surface area (Å²) in [5, 5.41) is 9.83. The van der Waals surface area contributed by atoms with Crippen LogP contribution in [0.25, 0.3) is 27.9 Å². The summed E-state index contributed by atoms with van der Waals surface area (Å²) >= 11 is 6.32. The monoisotopic (exact) mass is 548 g/mol. The second-order valence-corrected chi connectivity index (χ2v) is 8.71. The van der Waals surface area contributed by atoms with Crippen molar-refractivity contribution >= 4 is 11.6 Å². The van der Waals surface area contributed by atoms with E-state index in [0.717, 1.165) is 0 Å². The van der Waals surface area contributed by atoms with Gasteiger partial charge in [-0.05, 0) is 48.0 Å². The molecule has 0 aliphatic heterocycles. The first-order valence-electron chi connectivity index (χ1n) is 11.3. The number of ether oxygens (including phenoxy) is 1. The molecular formula is C28H16ClF3N4O3. The fraction of sp³-hybridized carbons (Fsp3) is 0.0714. The molecule has 0 unspecified atom stereocenters. The van der Waals surface area contributed by atoms with Gasteiger partial charge >= 0.3 is 6.18 Å². The Labute approximate surface area is 224 Å². The molecule has 5 aromatic rings. The van der Waals surface area contributed by atoms with Crippen molar-refractivity contribution in [1.82, 2.24) is 14.5 Å². The van der Waals surface area contributed by atoms with Crippen LogP contribution in [-0.2, 0) is 12.8 Å². The molecule has 0 radical (unpaired) electrons. The lowest BCUT2D eigenvalue weighted by molar-refractivity contribution is -0.154. The van der Waals surface area contributed by atoms with E-state index in [-0.39, 0.29) is 16.3 Å². The first-order valence-corrected chi connectivity index (χ1v) is 11.7. The molecule has 0 aliphatic carbocycles. The largest absolute Gasteiger partial charge is 0.487 e. The van der Waals surface area contributed by atoms with Gasteiger partial charge in [0.1, 0.15) is 18.1 Å². The Balaban J connectivity index is 1.61. The van der Waals surface area contributed by atoms with Crippen LogP contribution in [0.3, 0.4) is 0 Å². The molecule has 3 aromatic heterocycles. The number of oxazole rings is 1. The molecule has 0 aliphatic rings. The van der Waals surface area contributed by atoms with Crippen LogP contribution in [0.2, 0.25) is 5.02 Å². The van der Waals surface area contributed by atoms with E-state index in [1.54, 1.807) is 54.9 Å². The van der Waals surface area contributed by atoms with Crippen LogP contribution < -0.4 is 10.3 Å². The van der Waals surface area contributed by atoms with Crippen molar-refractivity contribution in [3.8, 4) is 39.8 Å². The zero-order chi connectivity index (χ0) is 27.6. The molecule has 0 N–H and O–H groups in total. The van der Waals surface area contributed by atoms with Crippen molar-refractivity contribution < 1.29 is 22.3 Å². The van der Waals surface area contributed by atoms with E-state index in [0.29, 0.717) is 34.3 Å². The van der Waals surface area contributed by atoms with Gasteiger partial charge in [0.25, 0.3) is 5.56 Å². The van der Waals surface area contributed by atoms with Gasteiger partial charge in [0.05, 0.1) is 23.5 Å². The van der Waals surface area contributed by atoms with Crippen LogP contribution in [0.5, 0.6) is 5.75 Å². The van der Waals surface area contributed by atoms with E-state index < -0.39 is 29.8 Å². The third-order valence-electron chi connectivity index (χ3n) is 5.76. The number of alkyl halides is 3. The third-order valence-corrected chi connectivity index (χ3v) is 5.97. The van der Waals surface area contributed by atoms with Crippen molar-refractivity contribution in [1.29, 1.82) is 5.26 Å². The highest BCUT2D eigenvalue weighted by Gasteiger charge is 2.38. The molecule has 0 amide bonds. The highest BCUT2D eigenvalue weighted by atomic mass is 35.5. The van der Waals surface area contributed by atoms with Gasteiger partial charge in [-0.2, -0.15) is 18.4 Å². The summed E-state index contributed by atoms with van der Waals surface area (Å²) in [6.45, 7) is -0.541. The number of halogens is 4. The molecule has 0 saturated carbocycles. The number of nitriles is 1. The normalized spacial score (nSPS) is 11.3. The second-order valence-electron chi connectivity index (χ2n) is 8.28. The number of pyridine rings is 2. The molecule has 39 heavy (non-hydrogen) atoms. The molecule has 0 atom stereocenters. The van der Waals surface area contributed by atoms with Crippen molar-refractivity contribution in [2.75, 3.05) is 0 Å². The lowest BCUT2D eigenvalue weighted by Crippen LogP contribution is -2.20. The summed E-state index contributed by atoms with van der Waals surface area (Å²) < 4.78 is 50.8. The Bertz CT molecular complexity index is 1760. The molecule has 0 bridgehead atoms. The molecule has 5 rings (SSSR count). The van der Waals surface area contributed by atoms with E-state index in [9.17, 15) is 23.2 Å². The fourth-order valence-corrected chi connectivity index (χ4v) is 4.24. The smallest absolute Gasteiger partial charge is 0.451 e. The number of benzene rings is 2. The van der Waals surface area contributed by atoms with E-state index in [1.807, 2.05) is 0 Å². The Hall–Kier alpha value is -4.88. The molecule has 3 heterocycles. The highest BCUT2D eigenvalue weighted by molar-refractivity contribution is 6.31. The summed E-state index contributed by atoms with van der Waals surface area (Å²) in [6, 6.07) is 18.6. The zero-order valence-electron chi connectivity index (χ0n) is 19.8. The Morgan fingerprint density at radius 1 is 1.05 bits per heavy atom. The van der Waals surface area contributed by atoms with E-state index in [1.165, 1.54) is 29.0 Å². The topological polar surface area (TPSA) is 93.9 Å². The minimum Gasteiger partial charge on any atom is -0.487 e. The predicted molar refractivity (Wildman–Crippen MR) is 136 cm³/mol. The van der Waals surface area contributed by atoms with Gasteiger partial charge in [0, 0.05) is 34.1 Å². The van der Waals surface area contributed by atoms with Crippen molar-refractivity contribution in [3.05, 3.63) is 118 Å². The SMILES string of the molecule is N#Cc1ccccc1-c1cc(-c2cc(Cl)cc(OCc3ncoc3C(F)(F)F)c2)c(=O)n(-c2cccnc2)c1. The maximum absolute atomic E-state index is 13.7. The lowest BCUT2D eigenvalue weighted by Gasteiger charge is -2.14. The summed E-state index contributed by atoms with van der Waals surface area (Å²) in [4.78, 5) is 21.4. The first-order chi connectivity index (χ1) is 18.7. The van der Waals surface area contributed by atoms with Crippen LogP contribution in [0.1, 0.15) is 17.0 Å². The number of hydrogen-bond acceptors (Lipinski definition) is 6. The Morgan fingerprint density at radius 2 is 1.87 bits per heavy atom. The number of aromatic nitrogens is 3. The zero-order valence-corrected chi connectivity index (χ0v) is 20.6. The summed E-state index contributed by atoms with van der Waals surface area (Å²) in [5.74, 6) is -1.14. The Kier molecular flexibility index (Phi) is 6.92. The molecule has 0 spiro atoms. The average Bonchev–Trinajstić information content (AvgIpc) is 3.42. The molecule has 194 valence electrons. The van der Waals surface area contributed by atoms with Gasteiger partial charge in [-0.1, -0.05) is 29.8 Å². The van der Waals surface area contributed by atoms with Gasteiger partial charge in [0.15, 0.2) is 6.39 Å². The minimum absolute atomic E-state index is 0.115.